The summed E-state index contributed by atoms with van der Waals surface area (Å²) in [5.41, 5.74) is 14.5. The van der Waals surface area contributed by atoms with Gasteiger partial charge in [-0.1, -0.05) is 38.3 Å². The number of para-hydroxylation sites is 1. The lowest BCUT2D eigenvalue weighted by Gasteiger charge is -2.15. The van der Waals surface area contributed by atoms with Gasteiger partial charge in [-0.25, -0.2) is 4.98 Å². The van der Waals surface area contributed by atoms with Gasteiger partial charge in [0.25, 0.3) is 0 Å². The largest absolute Gasteiger partial charge is 0.505 e. The molecule has 5 aromatic rings. The first-order valence-electron chi connectivity index (χ1n) is 11.2. The number of nitrogens with zero attached hydrogens (tertiary/aromatic N) is 4. The predicted octanol–water partition coefficient (Wildman–Crippen LogP) is 5.58. The third-order valence-electron chi connectivity index (χ3n) is 5.55. The number of aromatic nitrogens is 3. The van der Waals surface area contributed by atoms with E-state index in [1.54, 1.807) is 25.4 Å². The Bertz CT molecular complexity index is 1590. The number of phenolic OH excluding ortho intramolecular Hbond substituents is 1. The number of methoxy groups -OCH3 is 1. The van der Waals surface area contributed by atoms with Crippen molar-refractivity contribution < 1.29 is 9.84 Å². The molecule has 0 aliphatic carbocycles. The number of aromatic hydroxyl groups is 1. The second-order valence-electron chi connectivity index (χ2n) is 7.90. The van der Waals surface area contributed by atoms with Crippen molar-refractivity contribution in [3.05, 3.63) is 103 Å². The van der Waals surface area contributed by atoms with Crippen LogP contribution < -0.4 is 21.5 Å². The topological polar surface area (TPSA) is 148 Å². The number of fused-ring (bicyclic) bond motifs is 1. The van der Waals surface area contributed by atoms with Crippen LogP contribution in [0.4, 0.5) is 17.2 Å². The maximum absolute atomic E-state index is 10.4. The average Bonchev–Trinajstić information content (AvgIpc) is 3.32. The fraction of sp³-hybridized carbons (Fsp3) is 0.0690. The van der Waals surface area contributed by atoms with Gasteiger partial charge in [-0.15, -0.1) is 0 Å². The zero-order chi connectivity index (χ0) is 26.4. The van der Waals surface area contributed by atoms with Gasteiger partial charge in [0, 0.05) is 28.5 Å². The molecule has 0 unspecified atom stereocenters. The molecule has 0 saturated carbocycles. The normalized spacial score (nSPS) is 9.89. The maximum Gasteiger partial charge on any atom is 0.155 e. The Morgan fingerprint density at radius 3 is 2.45 bits per heavy atom. The van der Waals surface area contributed by atoms with Crippen molar-refractivity contribution in [3.63, 3.8) is 0 Å². The number of benzene rings is 3. The molecule has 0 radical (unpaired) electrons. The lowest BCUT2D eigenvalue weighted by Crippen LogP contribution is -2.03. The first kappa shape index (κ1) is 27.1. The van der Waals surface area contributed by atoms with E-state index < -0.39 is 0 Å². The second kappa shape index (κ2) is 12.0. The number of hydrogen-bond donors (Lipinski definition) is 4. The predicted molar refractivity (Wildman–Crippen MR) is 153 cm³/mol. The van der Waals surface area contributed by atoms with Crippen LogP contribution >= 0.6 is 0 Å². The van der Waals surface area contributed by atoms with Crippen LogP contribution in [0, 0.1) is 11.3 Å². The molecule has 9 heteroatoms. The van der Waals surface area contributed by atoms with E-state index in [9.17, 15) is 5.11 Å². The molecule has 0 saturated heterocycles. The van der Waals surface area contributed by atoms with Crippen molar-refractivity contribution in [3.8, 4) is 23.4 Å². The molecule has 0 aliphatic rings. The molecule has 9 nitrogen and oxygen atoms in total. The number of nitrogens with one attached hydrogen (secondary N) is 1. The number of phenols is 1. The number of nitriles is 1. The lowest BCUT2D eigenvalue weighted by atomic mass is 10.0. The second-order valence-corrected chi connectivity index (χ2v) is 7.90. The molecule has 0 bridgehead atoms. The number of hydrogen-bond acceptors (Lipinski definition) is 8. The summed E-state index contributed by atoms with van der Waals surface area (Å²) in [4.78, 5) is 4.07. The molecular formula is C29H29N7O2. The minimum atomic E-state index is 0. The highest BCUT2D eigenvalue weighted by atomic mass is 16.5. The van der Waals surface area contributed by atoms with E-state index in [4.69, 9.17) is 21.5 Å². The van der Waals surface area contributed by atoms with E-state index in [1.165, 1.54) is 10.9 Å². The van der Waals surface area contributed by atoms with Crippen LogP contribution in [0.25, 0.3) is 22.3 Å². The zero-order valence-corrected chi connectivity index (χ0v) is 20.1. The van der Waals surface area contributed by atoms with E-state index >= 15 is 0 Å². The summed E-state index contributed by atoms with van der Waals surface area (Å²) in [6.45, 7) is 4.01. The molecule has 0 aliphatic heterocycles. The zero-order valence-electron chi connectivity index (χ0n) is 20.1. The van der Waals surface area contributed by atoms with Crippen LogP contribution in [0.3, 0.4) is 0 Å². The molecule has 2 heterocycles. The fourth-order valence-electron chi connectivity index (χ4n) is 3.63. The Kier molecular flexibility index (Phi) is 8.53. The number of pyridine rings is 1. The minimum absolute atomic E-state index is 0. The van der Waals surface area contributed by atoms with Crippen molar-refractivity contribution >= 4 is 33.7 Å². The highest BCUT2D eigenvalue weighted by Crippen LogP contribution is 2.38. The molecule has 2 aromatic heterocycles. The summed E-state index contributed by atoms with van der Waals surface area (Å²) in [6.07, 6.45) is 3.06. The quantitative estimate of drug-likeness (QED) is 0.178. The monoisotopic (exact) mass is 507 g/mol. The van der Waals surface area contributed by atoms with Crippen LogP contribution in [0.15, 0.2) is 91.8 Å². The summed E-state index contributed by atoms with van der Waals surface area (Å²) in [5.74, 6) is 1.67. The van der Waals surface area contributed by atoms with Crippen molar-refractivity contribution in [2.24, 2.45) is 0 Å². The average molecular weight is 508 g/mol. The Morgan fingerprint density at radius 2 is 1.82 bits per heavy atom. The highest BCUT2D eigenvalue weighted by molar-refractivity contribution is 6.01. The number of ether oxygens (including phenoxy) is 1. The summed E-state index contributed by atoms with van der Waals surface area (Å²) >= 11 is 0. The number of nitrogen functional groups attached to an aromatic ring is 2. The molecule has 6 N–H and O–H groups in total. The third-order valence-corrected chi connectivity index (χ3v) is 5.55. The van der Waals surface area contributed by atoms with E-state index in [0.717, 1.165) is 22.2 Å². The Labute approximate surface area is 221 Å². The van der Waals surface area contributed by atoms with Gasteiger partial charge in [0.2, 0.25) is 0 Å². The Hall–Kier alpha value is -5.49. The van der Waals surface area contributed by atoms with Crippen LogP contribution in [-0.4, -0.2) is 27.0 Å². The summed E-state index contributed by atoms with van der Waals surface area (Å²) in [6, 6.07) is 24.4. The van der Waals surface area contributed by atoms with Crippen LogP contribution in [0.2, 0.25) is 0 Å². The first-order chi connectivity index (χ1) is 17.9. The maximum atomic E-state index is 10.4. The Balaban J connectivity index is 0.000000229. The summed E-state index contributed by atoms with van der Waals surface area (Å²) in [5, 5.41) is 27.9. The van der Waals surface area contributed by atoms with Gasteiger partial charge < -0.3 is 26.6 Å². The molecule has 38 heavy (non-hydrogen) atoms. The van der Waals surface area contributed by atoms with Gasteiger partial charge >= 0.3 is 0 Å². The summed E-state index contributed by atoms with van der Waals surface area (Å²) in [7, 11) is 1.61. The molecule has 192 valence electrons. The molecule has 0 fully saturated rings. The highest BCUT2D eigenvalue weighted by Gasteiger charge is 2.13. The third kappa shape index (κ3) is 5.66. The van der Waals surface area contributed by atoms with Gasteiger partial charge in [0.1, 0.15) is 28.9 Å². The van der Waals surface area contributed by atoms with Crippen LogP contribution in [-0.2, 0) is 0 Å². The fourth-order valence-corrected chi connectivity index (χ4v) is 3.63. The van der Waals surface area contributed by atoms with E-state index in [1.807, 2.05) is 66.7 Å². The van der Waals surface area contributed by atoms with Crippen LogP contribution in [0.5, 0.6) is 11.5 Å². The van der Waals surface area contributed by atoms with Gasteiger partial charge in [-0.05, 0) is 53.9 Å². The lowest BCUT2D eigenvalue weighted by molar-refractivity contribution is 0.415. The van der Waals surface area contributed by atoms with Crippen molar-refractivity contribution in [2.75, 3.05) is 23.9 Å². The van der Waals surface area contributed by atoms with Gasteiger partial charge in [0.05, 0.1) is 19.0 Å². The smallest absolute Gasteiger partial charge is 0.155 e. The molecule has 3 aromatic carbocycles. The SMILES string of the molecule is C.C=C(Nc1ccccc1)c1cc2cc(OC)ccc2c(N)c1O.N#Cc1cnn(-c2ccccn2)c1N. The van der Waals surface area contributed by atoms with Crippen molar-refractivity contribution in [1.82, 2.24) is 14.8 Å². The standard InChI is InChI=1S/C19H18N2O2.C9H7N5.CH4/c1-12(21-14-6-4-3-5-7-14)17-11-13-10-15(23-2)8-9-16(13)18(20)19(17)22;10-5-7-6-13-14(9(7)11)8-3-1-2-4-12-8;/h3-11,21-22H,1,20H2,2H3;1-4,6H,11H2;1H4. The number of rotatable bonds is 5. The van der Waals surface area contributed by atoms with Gasteiger partial charge in [0.15, 0.2) is 5.82 Å². The molecule has 0 amide bonds. The molecule has 0 atom stereocenters. The molecule has 5 rings (SSSR count). The van der Waals surface area contributed by atoms with Gasteiger partial charge in [-0.3, -0.25) is 0 Å². The molecule has 0 spiro atoms. The first-order valence-corrected chi connectivity index (χ1v) is 11.2. The number of anilines is 3. The molecular weight excluding hydrogens is 478 g/mol. The summed E-state index contributed by atoms with van der Waals surface area (Å²) < 4.78 is 6.68. The van der Waals surface area contributed by atoms with E-state index in [-0.39, 0.29) is 13.2 Å². The van der Waals surface area contributed by atoms with Gasteiger partial charge in [-0.2, -0.15) is 15.0 Å². The van der Waals surface area contributed by atoms with Crippen molar-refractivity contribution in [1.29, 1.82) is 5.26 Å². The van der Waals surface area contributed by atoms with Crippen molar-refractivity contribution in [2.45, 2.75) is 7.43 Å². The number of nitrogens with two attached hydrogens (primary N) is 2. The van der Waals surface area contributed by atoms with Crippen LogP contribution in [0.1, 0.15) is 18.6 Å². The minimum Gasteiger partial charge on any atom is -0.505 e. The van der Waals surface area contributed by atoms with E-state index in [2.05, 4.69) is 22.0 Å². The Morgan fingerprint density at radius 1 is 1.08 bits per heavy atom. The van der Waals surface area contributed by atoms with E-state index in [0.29, 0.717) is 34.1 Å².